The molecule has 2 fully saturated rings. The summed E-state index contributed by atoms with van der Waals surface area (Å²) < 4.78 is 66.5. The van der Waals surface area contributed by atoms with E-state index in [0.29, 0.717) is 63.7 Å². The Labute approximate surface area is 299 Å². The highest BCUT2D eigenvalue weighted by molar-refractivity contribution is 6.15. The molecule has 2 saturated carbocycles. The minimum atomic E-state index is -4.65. The van der Waals surface area contributed by atoms with E-state index in [1.807, 2.05) is 42.0 Å². The number of aromatic amines is 1. The maximum Gasteiger partial charge on any atom is 0.411 e. The van der Waals surface area contributed by atoms with Gasteiger partial charge in [0.05, 0.1) is 52.7 Å². The van der Waals surface area contributed by atoms with Gasteiger partial charge in [-0.25, -0.2) is 19.0 Å². The number of ether oxygens (including phenoxy) is 1. The van der Waals surface area contributed by atoms with Crippen LogP contribution in [-0.4, -0.2) is 65.7 Å². The molecule has 12 nitrogen and oxygen atoms in total. The van der Waals surface area contributed by atoms with E-state index in [0.717, 1.165) is 17.0 Å². The summed E-state index contributed by atoms with van der Waals surface area (Å²) in [6.07, 6.45) is -0.675. The van der Waals surface area contributed by atoms with Crippen molar-refractivity contribution in [3.63, 3.8) is 0 Å². The lowest BCUT2D eigenvalue weighted by atomic mass is 9.96. The van der Waals surface area contributed by atoms with Crippen LogP contribution in [0.4, 0.5) is 22.4 Å². The van der Waals surface area contributed by atoms with Gasteiger partial charge in [0.1, 0.15) is 17.0 Å². The van der Waals surface area contributed by atoms with Crippen LogP contribution < -0.4 is 16.3 Å². The quantitative estimate of drug-likeness (QED) is 0.153. The number of hydrogen-bond donors (Lipinski definition) is 3. The predicted octanol–water partition coefficient (Wildman–Crippen LogP) is 6.89. The fraction of sp³-hybridized carbons (Fsp3) is 0.378. The minimum Gasteiger partial charge on any atom is -0.453 e. The number of carbonyl (C=O) groups is 2. The molecular weight excluding hydrogens is 696 g/mol. The number of methoxy groups -OCH3 is 1. The van der Waals surface area contributed by atoms with Crippen LogP contribution in [0.15, 0.2) is 53.6 Å². The van der Waals surface area contributed by atoms with Crippen molar-refractivity contribution in [3.05, 3.63) is 70.7 Å². The molecule has 4 heterocycles. The van der Waals surface area contributed by atoms with Gasteiger partial charge in [0.2, 0.25) is 0 Å². The number of H-pyrrole nitrogens is 1. The molecule has 53 heavy (non-hydrogen) atoms. The predicted molar refractivity (Wildman–Crippen MR) is 189 cm³/mol. The summed E-state index contributed by atoms with van der Waals surface area (Å²) in [6, 6.07) is 9.17. The van der Waals surface area contributed by atoms with Crippen LogP contribution in [-0.2, 0) is 11.8 Å². The van der Waals surface area contributed by atoms with Crippen LogP contribution in [0.3, 0.4) is 0 Å². The van der Waals surface area contributed by atoms with Crippen LogP contribution in [0.1, 0.15) is 68.4 Å². The number of nitrogens with one attached hydrogen (secondary N) is 3. The Bertz CT molecular complexity index is 2520. The number of alkyl halides is 3. The zero-order valence-corrected chi connectivity index (χ0v) is 29.3. The van der Waals surface area contributed by atoms with Crippen molar-refractivity contribution < 1.29 is 31.9 Å². The van der Waals surface area contributed by atoms with E-state index in [-0.39, 0.29) is 36.7 Å². The molecule has 0 saturated heterocycles. The molecular formula is C37H36F4N8O4. The normalized spacial score (nSPS) is 18.4. The van der Waals surface area contributed by atoms with E-state index in [2.05, 4.69) is 15.4 Å². The molecule has 2 aliphatic carbocycles. The molecule has 16 heteroatoms. The molecule has 0 spiro atoms. The van der Waals surface area contributed by atoms with E-state index in [4.69, 9.17) is 9.72 Å². The third-order valence-electron chi connectivity index (χ3n) is 10.7. The van der Waals surface area contributed by atoms with E-state index < -0.39 is 35.1 Å². The Morgan fingerprint density at radius 2 is 1.81 bits per heavy atom. The second-order valence-corrected chi connectivity index (χ2v) is 14.3. The van der Waals surface area contributed by atoms with E-state index in [1.54, 1.807) is 24.0 Å². The van der Waals surface area contributed by atoms with Gasteiger partial charge in [-0.05, 0) is 75.8 Å². The fourth-order valence-corrected chi connectivity index (χ4v) is 7.74. The summed E-state index contributed by atoms with van der Waals surface area (Å²) in [7, 11) is 2.96. The van der Waals surface area contributed by atoms with Crippen molar-refractivity contribution in [2.75, 3.05) is 7.11 Å². The number of imidazole rings is 1. The van der Waals surface area contributed by atoms with Crippen LogP contribution in [0.2, 0.25) is 0 Å². The Balaban J connectivity index is 1.32. The molecule has 6 aromatic rings. The number of nitrogens with zero attached hydrogens (tertiary/aromatic N) is 5. The second kappa shape index (κ2) is 12.2. The molecule has 0 bridgehead atoms. The van der Waals surface area contributed by atoms with Crippen LogP contribution in [0.5, 0.6) is 0 Å². The highest BCUT2D eigenvalue weighted by Crippen LogP contribution is 2.49. The number of halogens is 4. The molecule has 0 radical (unpaired) electrons. The monoisotopic (exact) mass is 732 g/mol. The van der Waals surface area contributed by atoms with Gasteiger partial charge < -0.3 is 20.4 Å². The molecule has 276 valence electrons. The van der Waals surface area contributed by atoms with Gasteiger partial charge in [0, 0.05) is 41.7 Å². The number of benzene rings is 2. The number of alkyl carbamates (subject to hydrolysis) is 1. The molecule has 2 amide bonds. The Kier molecular flexibility index (Phi) is 7.92. The average molecular weight is 733 g/mol. The van der Waals surface area contributed by atoms with Crippen molar-refractivity contribution in [1.29, 1.82) is 0 Å². The maximum absolute atomic E-state index is 15.8. The Morgan fingerprint density at radius 3 is 2.49 bits per heavy atom. The molecule has 8 rings (SSSR count). The molecule has 2 aromatic carbocycles. The number of aromatic nitrogens is 6. The minimum absolute atomic E-state index is 0.0955. The topological polar surface area (TPSA) is 141 Å². The summed E-state index contributed by atoms with van der Waals surface area (Å²) in [5.41, 5.74) is 1.37. The summed E-state index contributed by atoms with van der Waals surface area (Å²) in [5, 5.41) is 10.8. The number of fused-ring (bicyclic) bond motifs is 4. The first kappa shape index (κ1) is 34.4. The molecule has 2 atom stereocenters. The van der Waals surface area contributed by atoms with Gasteiger partial charge in [0.15, 0.2) is 0 Å². The lowest BCUT2D eigenvalue weighted by molar-refractivity contribution is -0.163. The number of carbonyl (C=O) groups excluding carboxylic acids is 2. The van der Waals surface area contributed by atoms with Gasteiger partial charge in [-0.3, -0.25) is 18.6 Å². The Morgan fingerprint density at radius 1 is 1.06 bits per heavy atom. The average Bonchev–Trinajstić information content (AvgIpc) is 3.40. The van der Waals surface area contributed by atoms with Crippen molar-refractivity contribution in [1.82, 2.24) is 39.5 Å². The number of amides is 2. The van der Waals surface area contributed by atoms with Crippen molar-refractivity contribution in [3.8, 4) is 22.4 Å². The zero-order valence-electron chi connectivity index (χ0n) is 29.3. The van der Waals surface area contributed by atoms with Crippen LogP contribution >= 0.6 is 0 Å². The summed E-state index contributed by atoms with van der Waals surface area (Å²) in [5.74, 6) is -2.15. The standard InChI is InChI=1S/C37H36F4N8O4/c1-18(2)49-26-10-6-19(13-21(26)16-43-49)28-29-31-27(47(3)35(52)48(31)23-8-7-22(15-23)44-34(51)53-4)17-42-32(29)45-30(28)20-5-9-24(25(38)14-20)33(50)46-36(11-12-36)37(39,40)41/h5-6,9-10,13-14,16-18,22-23H,7-8,11-12,15H2,1-4H3,(H,42,45)(H,44,51)(H,46,50)/t22-,23-/m1/s1. The summed E-state index contributed by atoms with van der Waals surface area (Å²) in [4.78, 5) is 46.9. The lowest BCUT2D eigenvalue weighted by Gasteiger charge is -2.21. The van der Waals surface area contributed by atoms with Crippen LogP contribution in [0.25, 0.3) is 55.4 Å². The van der Waals surface area contributed by atoms with Crippen molar-refractivity contribution in [2.45, 2.75) is 75.8 Å². The number of hydrogen-bond acceptors (Lipinski definition) is 6. The number of pyridine rings is 1. The first-order chi connectivity index (χ1) is 25.2. The SMILES string of the molecule is COC(=O)N[C@@H]1CC[C@@H](n2c(=O)n(C)c3cnc4[nH]c(-c5ccc(C(=O)NC6(C(F)(F)F)CC6)c(F)c5)c(-c5ccc6c(cnn6C(C)C)c5)c4c32)C1. The summed E-state index contributed by atoms with van der Waals surface area (Å²) >= 11 is 0. The molecule has 0 aliphatic heterocycles. The number of rotatable bonds is 7. The van der Waals surface area contributed by atoms with Gasteiger partial charge in [-0.1, -0.05) is 12.1 Å². The highest BCUT2D eigenvalue weighted by Gasteiger charge is 2.64. The zero-order chi connectivity index (χ0) is 37.6. The van der Waals surface area contributed by atoms with Crippen LogP contribution in [0, 0.1) is 5.82 Å². The molecule has 4 aromatic heterocycles. The highest BCUT2D eigenvalue weighted by atomic mass is 19.4. The first-order valence-electron chi connectivity index (χ1n) is 17.3. The Hall–Kier alpha value is -5.67. The van der Waals surface area contributed by atoms with Gasteiger partial charge >= 0.3 is 18.0 Å². The fourth-order valence-electron chi connectivity index (χ4n) is 7.74. The smallest absolute Gasteiger partial charge is 0.411 e. The van der Waals surface area contributed by atoms with E-state index in [9.17, 15) is 27.6 Å². The third kappa shape index (κ3) is 5.53. The van der Waals surface area contributed by atoms with Gasteiger partial charge in [0.25, 0.3) is 5.91 Å². The van der Waals surface area contributed by atoms with E-state index in [1.165, 1.54) is 23.8 Å². The van der Waals surface area contributed by atoms with Crippen molar-refractivity contribution in [2.24, 2.45) is 7.05 Å². The lowest BCUT2D eigenvalue weighted by Crippen LogP contribution is -2.48. The van der Waals surface area contributed by atoms with Crippen molar-refractivity contribution >= 4 is 45.0 Å². The second-order valence-electron chi connectivity index (χ2n) is 14.3. The number of aryl methyl sites for hydroxylation is 1. The first-order valence-corrected chi connectivity index (χ1v) is 17.3. The molecule has 2 aliphatic rings. The largest absolute Gasteiger partial charge is 0.453 e. The third-order valence-corrected chi connectivity index (χ3v) is 10.7. The maximum atomic E-state index is 15.8. The van der Waals surface area contributed by atoms with Gasteiger partial charge in [-0.2, -0.15) is 18.3 Å². The van der Waals surface area contributed by atoms with E-state index >= 15 is 4.39 Å². The summed E-state index contributed by atoms with van der Waals surface area (Å²) in [6.45, 7) is 4.05. The molecule has 0 unspecified atom stereocenters. The molecule has 3 N–H and O–H groups in total. The van der Waals surface area contributed by atoms with Gasteiger partial charge in [-0.15, -0.1) is 0 Å².